The largest absolute Gasteiger partial charge is 0.447 e. The lowest BCUT2D eigenvalue weighted by Crippen LogP contribution is -2.43. The van der Waals surface area contributed by atoms with E-state index in [4.69, 9.17) is 0 Å². The summed E-state index contributed by atoms with van der Waals surface area (Å²) >= 11 is 7.62. The summed E-state index contributed by atoms with van der Waals surface area (Å²) < 4.78 is 52.8. The Hall–Kier alpha value is 0.180. The summed E-state index contributed by atoms with van der Waals surface area (Å²) in [5.41, 5.74) is 0. The second-order valence-electron chi connectivity index (χ2n) is 3.02. The Kier molecular flexibility index (Phi) is 4.88. The lowest BCUT2D eigenvalue weighted by Gasteiger charge is -2.26. The zero-order chi connectivity index (χ0) is 13.3. The molecule has 1 nitrogen and oxygen atoms in total. The van der Waals surface area contributed by atoms with Crippen molar-refractivity contribution in [3.05, 3.63) is 28.7 Å². The third kappa shape index (κ3) is 4.40. The van der Waals surface area contributed by atoms with Crippen LogP contribution in [0, 0.1) is 0 Å². The fourth-order valence-electron chi connectivity index (χ4n) is 0.902. The Morgan fingerprint density at radius 3 is 1.94 bits per heavy atom. The molecule has 8 heteroatoms. The van der Waals surface area contributed by atoms with Crippen LogP contribution < -0.4 is 4.74 Å². The molecule has 0 aromatic heterocycles. The number of hydrogen-bond donors (Lipinski definition) is 0. The van der Waals surface area contributed by atoms with Crippen molar-refractivity contribution in [3.8, 4) is 5.75 Å². The minimum atomic E-state index is -4.77. The van der Waals surface area contributed by atoms with Crippen LogP contribution in [0.25, 0.3) is 0 Å². The van der Waals surface area contributed by atoms with Crippen molar-refractivity contribution >= 4 is 47.8 Å². The van der Waals surface area contributed by atoms with Crippen LogP contribution in [0.3, 0.4) is 0 Å². The summed E-state index contributed by atoms with van der Waals surface area (Å²) in [6.07, 6.45) is -4.77. The van der Waals surface area contributed by atoms with Gasteiger partial charge < -0.3 is 4.74 Å². The van der Waals surface area contributed by atoms with Gasteiger partial charge in [-0.1, -0.05) is 31.9 Å². The second kappa shape index (κ2) is 5.44. The van der Waals surface area contributed by atoms with Crippen LogP contribution in [-0.2, 0) is 0 Å². The van der Waals surface area contributed by atoms with E-state index in [1.165, 1.54) is 24.3 Å². The molecule has 0 aliphatic heterocycles. The van der Waals surface area contributed by atoms with E-state index >= 15 is 0 Å². The average molecular weight is 445 g/mol. The van der Waals surface area contributed by atoms with Gasteiger partial charge in [0.1, 0.15) is 5.75 Å². The third-order valence-electron chi connectivity index (χ3n) is 1.65. The zero-order valence-electron chi connectivity index (χ0n) is 7.94. The lowest BCUT2D eigenvalue weighted by atomic mass is 10.3. The summed E-state index contributed by atoms with van der Waals surface area (Å²) in [5.74, 6) is -0.0266. The standard InChI is InChI=1S/C9H5Br3F4O/c10-5-1-3-6(4-2-5)17-8(12,13)7(11)9(14,15)16/h1-4,7H/t7-,8+/m0/s1. The van der Waals surface area contributed by atoms with E-state index in [0.29, 0.717) is 4.47 Å². The van der Waals surface area contributed by atoms with E-state index in [9.17, 15) is 17.6 Å². The number of benzene rings is 1. The van der Waals surface area contributed by atoms with Crippen LogP contribution in [0.2, 0.25) is 0 Å². The van der Waals surface area contributed by atoms with Crippen molar-refractivity contribution in [2.75, 3.05) is 0 Å². The molecule has 2 atom stereocenters. The Morgan fingerprint density at radius 2 is 1.53 bits per heavy atom. The van der Waals surface area contributed by atoms with E-state index in [1.54, 1.807) is 0 Å². The fraction of sp³-hybridized carbons (Fsp3) is 0.333. The van der Waals surface area contributed by atoms with Gasteiger partial charge in [0.15, 0.2) is 4.83 Å². The van der Waals surface area contributed by atoms with E-state index in [2.05, 4.69) is 52.5 Å². The molecule has 1 rings (SSSR count). The van der Waals surface area contributed by atoms with Crippen molar-refractivity contribution in [1.29, 1.82) is 0 Å². The number of ether oxygens (including phenoxy) is 1. The molecule has 0 radical (unpaired) electrons. The van der Waals surface area contributed by atoms with Crippen molar-refractivity contribution in [3.63, 3.8) is 0 Å². The van der Waals surface area contributed by atoms with E-state index in [-0.39, 0.29) is 5.75 Å². The normalized spacial score (nSPS) is 17.4. The quantitative estimate of drug-likeness (QED) is 0.461. The Balaban J connectivity index is 2.82. The number of rotatable bonds is 3. The van der Waals surface area contributed by atoms with Crippen molar-refractivity contribution in [2.45, 2.75) is 15.8 Å². The second-order valence-corrected chi connectivity index (χ2v) is 5.93. The zero-order valence-corrected chi connectivity index (χ0v) is 12.7. The maximum absolute atomic E-state index is 13.7. The third-order valence-corrected chi connectivity index (χ3v) is 4.52. The van der Waals surface area contributed by atoms with Crippen LogP contribution in [0.4, 0.5) is 17.6 Å². The van der Waals surface area contributed by atoms with Gasteiger partial charge in [-0.2, -0.15) is 17.6 Å². The monoisotopic (exact) mass is 442 g/mol. The fourth-order valence-corrected chi connectivity index (χ4v) is 1.71. The summed E-state index contributed by atoms with van der Waals surface area (Å²) in [4.78, 5) is -2.48. The molecule has 0 spiro atoms. The molecule has 0 amide bonds. The molecule has 0 fully saturated rings. The maximum atomic E-state index is 13.7. The highest BCUT2D eigenvalue weighted by Gasteiger charge is 2.54. The Labute approximate surface area is 120 Å². The van der Waals surface area contributed by atoms with Gasteiger partial charge in [-0.05, 0) is 24.3 Å². The number of hydrogen-bond acceptors (Lipinski definition) is 1. The van der Waals surface area contributed by atoms with Crippen molar-refractivity contribution < 1.29 is 22.3 Å². The molecule has 1 aromatic rings. The molecule has 17 heavy (non-hydrogen) atoms. The van der Waals surface area contributed by atoms with Gasteiger partial charge in [0, 0.05) is 20.4 Å². The van der Waals surface area contributed by atoms with Gasteiger partial charge in [-0.25, -0.2) is 0 Å². The van der Waals surface area contributed by atoms with E-state index in [1.807, 2.05) is 0 Å². The first kappa shape index (κ1) is 15.2. The molecule has 0 bridgehead atoms. The van der Waals surface area contributed by atoms with Crippen LogP contribution in [0.15, 0.2) is 28.7 Å². The molecule has 0 saturated carbocycles. The molecular formula is C9H5Br3F4O. The summed E-state index contributed by atoms with van der Waals surface area (Å²) in [5, 5.41) is 0. The molecule has 0 saturated heterocycles. The van der Waals surface area contributed by atoms with Gasteiger partial charge in [-0.3, -0.25) is 0 Å². The summed E-state index contributed by atoms with van der Waals surface area (Å²) in [6.45, 7) is 0. The van der Waals surface area contributed by atoms with E-state index in [0.717, 1.165) is 0 Å². The highest BCUT2D eigenvalue weighted by Crippen LogP contribution is 2.41. The smallest absolute Gasteiger partial charge is 0.408 e. The minimum absolute atomic E-state index is 0.0266. The van der Waals surface area contributed by atoms with Gasteiger partial charge >= 0.3 is 10.9 Å². The van der Waals surface area contributed by atoms with Crippen LogP contribution >= 0.6 is 47.8 Å². The minimum Gasteiger partial charge on any atom is -0.447 e. The summed E-state index contributed by atoms with van der Waals surface area (Å²) in [6, 6.07) is 5.73. The molecule has 1 aromatic carbocycles. The molecular weight excluding hydrogens is 440 g/mol. The van der Waals surface area contributed by atoms with Crippen LogP contribution in [0.5, 0.6) is 5.75 Å². The number of halogens is 7. The SMILES string of the molecule is FC(F)(F)[C@@H](Br)[C@](F)(Br)Oc1ccc(Br)cc1. The van der Waals surface area contributed by atoms with Crippen LogP contribution in [0.1, 0.15) is 0 Å². The molecule has 0 heterocycles. The van der Waals surface area contributed by atoms with Gasteiger partial charge in [0.2, 0.25) is 0 Å². The molecule has 0 unspecified atom stereocenters. The van der Waals surface area contributed by atoms with Gasteiger partial charge in [0.05, 0.1) is 0 Å². The Morgan fingerprint density at radius 1 is 1.06 bits per heavy atom. The molecule has 0 N–H and O–H groups in total. The molecule has 0 aliphatic carbocycles. The van der Waals surface area contributed by atoms with Crippen molar-refractivity contribution in [2.24, 2.45) is 0 Å². The van der Waals surface area contributed by atoms with Crippen molar-refractivity contribution in [1.82, 2.24) is 0 Å². The first-order valence-corrected chi connectivity index (χ1v) is 6.66. The highest BCUT2D eigenvalue weighted by molar-refractivity contribution is 9.12. The lowest BCUT2D eigenvalue weighted by molar-refractivity contribution is -0.163. The highest BCUT2D eigenvalue weighted by atomic mass is 79.9. The first-order chi connectivity index (χ1) is 7.63. The Bertz CT molecular complexity index is 377. The van der Waals surface area contributed by atoms with Gasteiger partial charge in [0.25, 0.3) is 0 Å². The summed E-state index contributed by atoms with van der Waals surface area (Å²) in [7, 11) is 0. The van der Waals surface area contributed by atoms with Gasteiger partial charge in [-0.15, -0.1) is 0 Å². The molecule has 0 aliphatic rings. The van der Waals surface area contributed by atoms with Crippen LogP contribution in [-0.4, -0.2) is 15.8 Å². The maximum Gasteiger partial charge on any atom is 0.408 e. The molecule has 96 valence electrons. The van der Waals surface area contributed by atoms with E-state index < -0.39 is 15.8 Å². The average Bonchev–Trinajstić information content (AvgIpc) is 2.19. The topological polar surface area (TPSA) is 9.23 Å². The predicted octanol–water partition coefficient (Wildman–Crippen LogP) is 5.17. The number of alkyl halides is 6. The predicted molar refractivity (Wildman–Crippen MR) is 66.3 cm³/mol. The first-order valence-electron chi connectivity index (χ1n) is 4.16.